The number of thiazole rings is 1. The number of carbonyl (C=O) groups is 2. The number of nitrogens with zero attached hydrogens (tertiary/aromatic N) is 1. The highest BCUT2D eigenvalue weighted by atomic mass is 35.5. The van der Waals surface area contributed by atoms with Gasteiger partial charge in [-0.25, -0.2) is 4.98 Å². The monoisotopic (exact) mass is 394 g/mol. The van der Waals surface area contributed by atoms with Crippen molar-refractivity contribution in [3.05, 3.63) is 44.9 Å². The van der Waals surface area contributed by atoms with Gasteiger partial charge in [-0.2, -0.15) is 0 Å². The van der Waals surface area contributed by atoms with E-state index in [4.69, 9.17) is 17.3 Å². The van der Waals surface area contributed by atoms with Crippen LogP contribution in [0.4, 0.5) is 5.69 Å². The van der Waals surface area contributed by atoms with E-state index < -0.39 is 0 Å². The van der Waals surface area contributed by atoms with E-state index in [9.17, 15) is 9.59 Å². The van der Waals surface area contributed by atoms with Gasteiger partial charge in [0, 0.05) is 23.0 Å². The molecule has 1 aromatic carbocycles. The first-order valence-electron chi connectivity index (χ1n) is 8.33. The van der Waals surface area contributed by atoms with Crippen LogP contribution in [0.2, 0.25) is 5.02 Å². The summed E-state index contributed by atoms with van der Waals surface area (Å²) in [5.41, 5.74) is 6.37. The largest absolute Gasteiger partial charge is 0.347 e. The summed E-state index contributed by atoms with van der Waals surface area (Å²) in [7, 11) is 0. The Bertz CT molecular complexity index is 804. The molecule has 140 valence electrons. The third kappa shape index (κ3) is 5.27. The van der Waals surface area contributed by atoms with Gasteiger partial charge in [-0.15, -0.1) is 11.3 Å². The number of aromatic nitrogens is 1. The van der Waals surface area contributed by atoms with Crippen molar-refractivity contribution in [2.45, 2.75) is 39.2 Å². The fraction of sp³-hybridized carbons (Fsp3) is 0.389. The topological polar surface area (TPSA) is 97.1 Å². The second-order valence-electron chi connectivity index (χ2n) is 6.51. The number of rotatable bonds is 7. The zero-order valence-electron chi connectivity index (χ0n) is 15.1. The van der Waals surface area contributed by atoms with Crippen molar-refractivity contribution in [2.75, 3.05) is 11.9 Å². The van der Waals surface area contributed by atoms with Crippen LogP contribution in [0.15, 0.2) is 23.6 Å². The summed E-state index contributed by atoms with van der Waals surface area (Å²) < 4.78 is 0. The lowest BCUT2D eigenvalue weighted by molar-refractivity contribution is 0.0911. The molecule has 0 saturated heterocycles. The zero-order valence-corrected chi connectivity index (χ0v) is 16.6. The van der Waals surface area contributed by atoms with Gasteiger partial charge in [0.25, 0.3) is 11.8 Å². The average molecular weight is 395 g/mol. The van der Waals surface area contributed by atoms with E-state index in [0.29, 0.717) is 29.9 Å². The Morgan fingerprint density at radius 2 is 2.04 bits per heavy atom. The highest BCUT2D eigenvalue weighted by molar-refractivity contribution is 7.09. The summed E-state index contributed by atoms with van der Waals surface area (Å²) in [6.07, 6.45) is 1.44. The van der Waals surface area contributed by atoms with Crippen molar-refractivity contribution in [1.29, 1.82) is 0 Å². The fourth-order valence-corrected chi connectivity index (χ4v) is 3.15. The first kappa shape index (κ1) is 20.4. The molecule has 0 radical (unpaired) electrons. The third-order valence-corrected chi connectivity index (χ3v) is 5.17. The number of halogens is 1. The Balaban J connectivity index is 2.08. The summed E-state index contributed by atoms with van der Waals surface area (Å²) >= 11 is 7.63. The molecular formula is C18H23ClN4O2S. The number of benzene rings is 1. The molecule has 0 aliphatic carbocycles. The molecule has 0 aliphatic heterocycles. The number of nitrogens with two attached hydrogens (primary N) is 1. The van der Waals surface area contributed by atoms with E-state index in [2.05, 4.69) is 15.6 Å². The number of anilines is 1. The molecule has 0 bridgehead atoms. The van der Waals surface area contributed by atoms with Crippen LogP contribution in [0.3, 0.4) is 0 Å². The number of carbonyl (C=O) groups excluding carboxylic acids is 2. The van der Waals surface area contributed by atoms with Crippen molar-refractivity contribution in [1.82, 2.24) is 10.3 Å². The van der Waals surface area contributed by atoms with Crippen molar-refractivity contribution in [2.24, 2.45) is 5.73 Å². The fourth-order valence-electron chi connectivity index (χ4n) is 2.09. The summed E-state index contributed by atoms with van der Waals surface area (Å²) in [5, 5.41) is 8.46. The van der Waals surface area contributed by atoms with Gasteiger partial charge < -0.3 is 16.4 Å². The highest BCUT2D eigenvalue weighted by Crippen LogP contribution is 2.23. The average Bonchev–Trinajstić information content (AvgIpc) is 3.03. The zero-order chi connectivity index (χ0) is 19.3. The Kier molecular flexibility index (Phi) is 6.75. The lowest BCUT2D eigenvalue weighted by atomic mass is 10.0. The van der Waals surface area contributed by atoms with Gasteiger partial charge in [0.1, 0.15) is 5.69 Å². The van der Waals surface area contributed by atoms with Crippen molar-refractivity contribution >= 4 is 40.4 Å². The minimum Gasteiger partial charge on any atom is -0.347 e. The summed E-state index contributed by atoms with van der Waals surface area (Å²) in [4.78, 5) is 28.9. The van der Waals surface area contributed by atoms with Gasteiger partial charge >= 0.3 is 0 Å². The van der Waals surface area contributed by atoms with Crippen LogP contribution >= 0.6 is 22.9 Å². The first-order valence-corrected chi connectivity index (χ1v) is 9.59. The van der Waals surface area contributed by atoms with E-state index in [1.165, 1.54) is 11.3 Å². The lowest BCUT2D eigenvalue weighted by Gasteiger charge is -2.24. The molecule has 0 spiro atoms. The van der Waals surface area contributed by atoms with Gasteiger partial charge in [0.2, 0.25) is 0 Å². The standard InChI is InChI=1S/C18H23ClN4O2S/c1-4-18(2,3)23-16(24)12-6-5-11(9-13(12)19)21-17(25)14-10-26-15(22-14)7-8-20/h5-6,9-10H,4,7-8,20H2,1-3H3,(H,21,25)(H,23,24). The van der Waals surface area contributed by atoms with Crippen molar-refractivity contribution in [3.63, 3.8) is 0 Å². The van der Waals surface area contributed by atoms with Gasteiger partial charge in [0.15, 0.2) is 0 Å². The Morgan fingerprint density at radius 1 is 1.31 bits per heavy atom. The maximum atomic E-state index is 12.4. The molecule has 0 aliphatic rings. The number of hydrogen-bond donors (Lipinski definition) is 3. The van der Waals surface area contributed by atoms with Crippen LogP contribution in [-0.4, -0.2) is 28.9 Å². The number of hydrogen-bond acceptors (Lipinski definition) is 5. The van der Waals surface area contributed by atoms with E-state index in [1.54, 1.807) is 23.6 Å². The number of nitrogens with one attached hydrogen (secondary N) is 2. The van der Waals surface area contributed by atoms with E-state index in [0.717, 1.165) is 11.4 Å². The molecule has 4 N–H and O–H groups in total. The van der Waals surface area contributed by atoms with E-state index >= 15 is 0 Å². The van der Waals surface area contributed by atoms with Crippen molar-refractivity contribution in [3.8, 4) is 0 Å². The van der Waals surface area contributed by atoms with Gasteiger partial charge in [-0.1, -0.05) is 18.5 Å². The van der Waals surface area contributed by atoms with Gasteiger partial charge in [-0.05, 0) is 45.0 Å². The van der Waals surface area contributed by atoms with Gasteiger partial charge in [0.05, 0.1) is 15.6 Å². The second-order valence-corrected chi connectivity index (χ2v) is 7.86. The molecule has 0 fully saturated rings. The van der Waals surface area contributed by atoms with Crippen LogP contribution < -0.4 is 16.4 Å². The lowest BCUT2D eigenvalue weighted by Crippen LogP contribution is -2.42. The first-order chi connectivity index (χ1) is 12.3. The molecule has 0 atom stereocenters. The molecule has 0 unspecified atom stereocenters. The molecular weight excluding hydrogens is 372 g/mol. The quantitative estimate of drug-likeness (QED) is 0.669. The summed E-state index contributed by atoms with van der Waals surface area (Å²) in [5.74, 6) is -0.574. The van der Waals surface area contributed by atoms with E-state index in [-0.39, 0.29) is 22.4 Å². The predicted octanol–water partition coefficient (Wildman–Crippen LogP) is 3.47. The highest BCUT2D eigenvalue weighted by Gasteiger charge is 2.21. The normalized spacial score (nSPS) is 11.3. The molecule has 1 heterocycles. The second kappa shape index (κ2) is 8.62. The predicted molar refractivity (Wildman–Crippen MR) is 106 cm³/mol. The number of amides is 2. The molecule has 1 aromatic heterocycles. The molecule has 6 nitrogen and oxygen atoms in total. The minimum absolute atomic E-state index is 0.245. The summed E-state index contributed by atoms with van der Waals surface area (Å²) in [6, 6.07) is 4.80. The molecule has 0 saturated carbocycles. The van der Waals surface area contributed by atoms with E-state index in [1.807, 2.05) is 20.8 Å². The molecule has 2 amide bonds. The molecule has 8 heteroatoms. The van der Waals surface area contributed by atoms with Crippen LogP contribution in [-0.2, 0) is 6.42 Å². The van der Waals surface area contributed by atoms with Crippen LogP contribution in [0, 0.1) is 0 Å². The van der Waals surface area contributed by atoms with Crippen LogP contribution in [0.1, 0.15) is 53.0 Å². The maximum absolute atomic E-state index is 12.4. The Morgan fingerprint density at radius 3 is 2.65 bits per heavy atom. The van der Waals surface area contributed by atoms with Crippen molar-refractivity contribution < 1.29 is 9.59 Å². The molecule has 2 rings (SSSR count). The Hall–Kier alpha value is -1.96. The van der Waals surface area contributed by atoms with Crippen LogP contribution in [0.25, 0.3) is 0 Å². The Labute approximate surface area is 162 Å². The molecule has 26 heavy (non-hydrogen) atoms. The molecule has 2 aromatic rings. The third-order valence-electron chi connectivity index (χ3n) is 3.95. The minimum atomic E-state index is -0.329. The summed E-state index contributed by atoms with van der Waals surface area (Å²) in [6.45, 7) is 6.38. The SMILES string of the molecule is CCC(C)(C)NC(=O)c1ccc(NC(=O)c2csc(CCN)n2)cc1Cl. The maximum Gasteiger partial charge on any atom is 0.275 e. The van der Waals surface area contributed by atoms with Gasteiger partial charge in [-0.3, -0.25) is 9.59 Å². The van der Waals surface area contributed by atoms with Crippen LogP contribution in [0.5, 0.6) is 0 Å². The smallest absolute Gasteiger partial charge is 0.275 e.